The maximum Gasteiger partial charge on any atom is 0.241 e. The van der Waals surface area contributed by atoms with Gasteiger partial charge in [0.15, 0.2) is 5.76 Å². The van der Waals surface area contributed by atoms with Crippen molar-refractivity contribution in [2.75, 3.05) is 13.1 Å². The van der Waals surface area contributed by atoms with Crippen molar-refractivity contribution < 1.29 is 14.0 Å². The summed E-state index contributed by atoms with van der Waals surface area (Å²) >= 11 is 0. The molecular weight excluding hydrogens is 246 g/mol. The summed E-state index contributed by atoms with van der Waals surface area (Å²) in [6.45, 7) is 5.90. The van der Waals surface area contributed by atoms with Gasteiger partial charge in [-0.05, 0) is 18.1 Å². The summed E-state index contributed by atoms with van der Waals surface area (Å²) in [6, 6.07) is 3.57. The number of rotatable bonds is 4. The fourth-order valence-electron chi connectivity index (χ4n) is 2.22. The van der Waals surface area contributed by atoms with Crippen molar-refractivity contribution in [2.45, 2.75) is 26.0 Å². The van der Waals surface area contributed by atoms with E-state index in [1.807, 2.05) is 13.8 Å². The molecule has 0 unspecified atom stereocenters. The SMILES string of the molecule is CC(C)C1(O)CN(Cc2nc(-c3ccco3)no2)C1. The first-order valence-corrected chi connectivity index (χ1v) is 6.38. The summed E-state index contributed by atoms with van der Waals surface area (Å²) in [5.74, 6) is 1.85. The quantitative estimate of drug-likeness (QED) is 0.901. The number of likely N-dealkylation sites (tertiary alicyclic amines) is 1. The van der Waals surface area contributed by atoms with E-state index in [9.17, 15) is 5.11 Å². The second kappa shape index (κ2) is 4.47. The molecule has 0 atom stereocenters. The van der Waals surface area contributed by atoms with E-state index >= 15 is 0 Å². The fraction of sp³-hybridized carbons (Fsp3) is 0.538. The topological polar surface area (TPSA) is 75.5 Å². The largest absolute Gasteiger partial charge is 0.461 e. The van der Waals surface area contributed by atoms with Crippen LogP contribution in [0.4, 0.5) is 0 Å². The van der Waals surface area contributed by atoms with Crippen LogP contribution in [-0.2, 0) is 6.54 Å². The molecule has 102 valence electrons. The molecule has 1 N–H and O–H groups in total. The number of hydrogen-bond donors (Lipinski definition) is 1. The molecule has 0 aromatic carbocycles. The Bertz CT molecular complexity index is 541. The average molecular weight is 263 g/mol. The molecule has 6 nitrogen and oxygen atoms in total. The van der Waals surface area contributed by atoms with E-state index in [-0.39, 0.29) is 5.92 Å². The molecule has 0 spiro atoms. The second-order valence-corrected chi connectivity index (χ2v) is 5.39. The second-order valence-electron chi connectivity index (χ2n) is 5.39. The predicted molar refractivity (Wildman–Crippen MR) is 67.1 cm³/mol. The van der Waals surface area contributed by atoms with Gasteiger partial charge in [0.05, 0.1) is 18.4 Å². The van der Waals surface area contributed by atoms with Crippen molar-refractivity contribution >= 4 is 0 Å². The third-order valence-corrected chi connectivity index (χ3v) is 3.64. The first-order chi connectivity index (χ1) is 9.07. The Balaban J connectivity index is 1.61. The fourth-order valence-corrected chi connectivity index (χ4v) is 2.22. The van der Waals surface area contributed by atoms with Gasteiger partial charge in [-0.2, -0.15) is 4.98 Å². The van der Waals surface area contributed by atoms with Gasteiger partial charge in [0.2, 0.25) is 11.7 Å². The third kappa shape index (κ3) is 2.29. The van der Waals surface area contributed by atoms with Gasteiger partial charge < -0.3 is 14.0 Å². The molecule has 1 aliphatic rings. The lowest BCUT2D eigenvalue weighted by Gasteiger charge is -2.48. The summed E-state index contributed by atoms with van der Waals surface area (Å²) in [4.78, 5) is 6.36. The highest BCUT2D eigenvalue weighted by Crippen LogP contribution is 2.29. The number of nitrogens with zero attached hydrogens (tertiary/aromatic N) is 3. The minimum atomic E-state index is -0.580. The smallest absolute Gasteiger partial charge is 0.241 e. The Kier molecular flexibility index (Phi) is 2.91. The van der Waals surface area contributed by atoms with Crippen LogP contribution in [0.25, 0.3) is 11.6 Å². The maximum atomic E-state index is 10.2. The van der Waals surface area contributed by atoms with E-state index in [2.05, 4.69) is 15.0 Å². The monoisotopic (exact) mass is 263 g/mol. The first-order valence-electron chi connectivity index (χ1n) is 6.38. The van der Waals surface area contributed by atoms with E-state index < -0.39 is 5.60 Å². The molecule has 3 heterocycles. The molecule has 1 saturated heterocycles. The number of hydrogen-bond acceptors (Lipinski definition) is 6. The standard InChI is InChI=1S/C13H17N3O3/c1-9(2)13(17)7-16(8-13)6-11-14-12(15-19-11)10-4-3-5-18-10/h3-5,9,17H,6-8H2,1-2H3. The lowest BCUT2D eigenvalue weighted by Crippen LogP contribution is -2.63. The van der Waals surface area contributed by atoms with Crippen LogP contribution in [-0.4, -0.2) is 38.8 Å². The summed E-state index contributed by atoms with van der Waals surface area (Å²) < 4.78 is 10.4. The Hall–Kier alpha value is -1.66. The van der Waals surface area contributed by atoms with Crippen molar-refractivity contribution in [1.29, 1.82) is 0 Å². The zero-order valence-corrected chi connectivity index (χ0v) is 11.0. The van der Waals surface area contributed by atoms with E-state index in [0.717, 1.165) is 0 Å². The van der Waals surface area contributed by atoms with Crippen molar-refractivity contribution in [3.63, 3.8) is 0 Å². The lowest BCUT2D eigenvalue weighted by atomic mass is 9.83. The van der Waals surface area contributed by atoms with E-state index in [1.165, 1.54) is 0 Å². The van der Waals surface area contributed by atoms with Gasteiger partial charge in [-0.15, -0.1) is 0 Å². The van der Waals surface area contributed by atoms with Gasteiger partial charge >= 0.3 is 0 Å². The maximum absolute atomic E-state index is 10.2. The Morgan fingerprint density at radius 2 is 2.26 bits per heavy atom. The number of aliphatic hydroxyl groups is 1. The van der Waals surface area contributed by atoms with Gasteiger partial charge in [-0.1, -0.05) is 19.0 Å². The van der Waals surface area contributed by atoms with Crippen LogP contribution in [0.2, 0.25) is 0 Å². The molecule has 0 amide bonds. The summed E-state index contributed by atoms with van der Waals surface area (Å²) in [5, 5.41) is 14.0. The van der Waals surface area contributed by atoms with Gasteiger partial charge in [0, 0.05) is 13.1 Å². The molecule has 6 heteroatoms. The van der Waals surface area contributed by atoms with Crippen LogP contribution in [0.3, 0.4) is 0 Å². The molecule has 3 rings (SSSR count). The van der Waals surface area contributed by atoms with Crippen LogP contribution in [0, 0.1) is 5.92 Å². The van der Waals surface area contributed by atoms with Gasteiger partial charge in [-0.3, -0.25) is 4.90 Å². The highest BCUT2D eigenvalue weighted by atomic mass is 16.5. The van der Waals surface area contributed by atoms with E-state index in [4.69, 9.17) is 8.94 Å². The van der Waals surface area contributed by atoms with Gasteiger partial charge in [-0.25, -0.2) is 0 Å². The van der Waals surface area contributed by atoms with Crippen LogP contribution < -0.4 is 0 Å². The minimum absolute atomic E-state index is 0.255. The molecule has 1 aliphatic heterocycles. The van der Waals surface area contributed by atoms with Crippen molar-refractivity contribution in [3.8, 4) is 11.6 Å². The van der Waals surface area contributed by atoms with Gasteiger partial charge in [0.25, 0.3) is 0 Å². The molecular formula is C13H17N3O3. The first kappa shape index (κ1) is 12.4. The Morgan fingerprint density at radius 3 is 2.89 bits per heavy atom. The van der Waals surface area contributed by atoms with Crippen molar-refractivity contribution in [3.05, 3.63) is 24.3 Å². The van der Waals surface area contributed by atoms with Crippen LogP contribution in [0.5, 0.6) is 0 Å². The van der Waals surface area contributed by atoms with E-state index in [1.54, 1.807) is 18.4 Å². The highest BCUT2D eigenvalue weighted by Gasteiger charge is 2.43. The van der Waals surface area contributed by atoms with Crippen LogP contribution in [0.15, 0.2) is 27.3 Å². The van der Waals surface area contributed by atoms with E-state index in [0.29, 0.717) is 37.1 Å². The van der Waals surface area contributed by atoms with Gasteiger partial charge in [0.1, 0.15) is 0 Å². The molecule has 0 radical (unpaired) electrons. The average Bonchev–Trinajstić information content (AvgIpc) is 2.96. The molecule has 2 aromatic heterocycles. The molecule has 19 heavy (non-hydrogen) atoms. The minimum Gasteiger partial charge on any atom is -0.461 e. The van der Waals surface area contributed by atoms with Crippen molar-refractivity contribution in [2.24, 2.45) is 5.92 Å². The normalized spacial score (nSPS) is 18.7. The third-order valence-electron chi connectivity index (χ3n) is 3.64. The summed E-state index contributed by atoms with van der Waals surface area (Å²) in [7, 11) is 0. The highest BCUT2D eigenvalue weighted by molar-refractivity contribution is 5.44. The molecule has 0 saturated carbocycles. The number of aromatic nitrogens is 2. The zero-order valence-electron chi connectivity index (χ0n) is 11.0. The molecule has 1 fully saturated rings. The number of furan rings is 1. The molecule has 0 bridgehead atoms. The lowest BCUT2D eigenvalue weighted by molar-refractivity contribution is -0.133. The van der Waals surface area contributed by atoms with Crippen molar-refractivity contribution in [1.82, 2.24) is 15.0 Å². The molecule has 0 aliphatic carbocycles. The summed E-state index contributed by atoms with van der Waals surface area (Å²) in [6.07, 6.45) is 1.57. The summed E-state index contributed by atoms with van der Waals surface area (Å²) in [5.41, 5.74) is -0.580. The van der Waals surface area contributed by atoms with Crippen LogP contribution in [0.1, 0.15) is 19.7 Å². The Morgan fingerprint density at radius 1 is 1.47 bits per heavy atom. The zero-order chi connectivity index (χ0) is 13.5. The molecule has 2 aromatic rings. The predicted octanol–water partition coefficient (Wildman–Crippen LogP) is 1.53. The Labute approximate surface area is 111 Å². The number of β-amino-alcohol motifs (C(OH)–C–C–N with tert-alkyl or cyclic N) is 1. The van der Waals surface area contributed by atoms with Crippen LogP contribution >= 0.6 is 0 Å².